The molecular weight excluding hydrogens is 298 g/mol. The first-order valence-electron chi connectivity index (χ1n) is 5.56. The molecule has 0 fully saturated rings. The third-order valence-electron chi connectivity index (χ3n) is 2.46. The first-order chi connectivity index (χ1) is 9.42. The Morgan fingerprint density at radius 3 is 2.65 bits per heavy atom. The molecule has 0 bridgehead atoms. The maximum atomic E-state index is 12.2. The van der Waals surface area contributed by atoms with E-state index in [2.05, 4.69) is 14.6 Å². The fourth-order valence-corrected chi connectivity index (χ4v) is 3.11. The Morgan fingerprint density at radius 1 is 1.30 bits per heavy atom. The van der Waals surface area contributed by atoms with Crippen LogP contribution >= 0.6 is 11.6 Å². The van der Waals surface area contributed by atoms with Crippen LogP contribution < -0.4 is 4.72 Å². The van der Waals surface area contributed by atoms with Crippen LogP contribution in [0.5, 0.6) is 0 Å². The Labute approximate surface area is 122 Å². The van der Waals surface area contributed by atoms with Gasteiger partial charge in [-0.25, -0.2) is 18.2 Å². The van der Waals surface area contributed by atoms with E-state index in [0.29, 0.717) is 5.69 Å². The molecule has 0 saturated heterocycles. The fraction of sp³-hybridized carbons (Fsp3) is 0.0769. The molecular formula is C13H10ClN3O2S. The van der Waals surface area contributed by atoms with E-state index in [1.165, 1.54) is 18.2 Å². The van der Waals surface area contributed by atoms with Crippen molar-refractivity contribution >= 4 is 33.1 Å². The molecule has 0 unspecified atom stereocenters. The second-order valence-electron chi connectivity index (χ2n) is 4.00. The van der Waals surface area contributed by atoms with Gasteiger partial charge in [-0.05, 0) is 25.1 Å². The van der Waals surface area contributed by atoms with E-state index in [4.69, 9.17) is 18.2 Å². The number of aromatic nitrogens is 1. The summed E-state index contributed by atoms with van der Waals surface area (Å²) in [7, 11) is -3.83. The third kappa shape index (κ3) is 3.07. The highest BCUT2D eigenvalue weighted by atomic mass is 35.5. The highest BCUT2D eigenvalue weighted by Crippen LogP contribution is 2.27. The van der Waals surface area contributed by atoms with Crippen molar-refractivity contribution in [3.8, 4) is 0 Å². The summed E-state index contributed by atoms with van der Waals surface area (Å²) in [5, 5.41) is -0.00125. The van der Waals surface area contributed by atoms with Crippen molar-refractivity contribution in [2.24, 2.45) is 0 Å². The predicted octanol–water partition coefficient (Wildman–Crippen LogP) is 3.40. The van der Waals surface area contributed by atoms with Crippen molar-refractivity contribution in [3.05, 3.63) is 58.5 Å². The minimum atomic E-state index is -3.83. The zero-order valence-corrected chi connectivity index (χ0v) is 12.0. The summed E-state index contributed by atoms with van der Waals surface area (Å²) in [6, 6.07) is 9.02. The smallest absolute Gasteiger partial charge is 0.263 e. The monoisotopic (exact) mass is 307 g/mol. The number of nitrogens with one attached hydrogen (secondary N) is 1. The Bertz CT molecular complexity index is 798. The van der Waals surface area contributed by atoms with Gasteiger partial charge >= 0.3 is 0 Å². The van der Waals surface area contributed by atoms with Crippen molar-refractivity contribution in [1.82, 2.24) is 4.98 Å². The van der Waals surface area contributed by atoms with Crippen LogP contribution in [-0.2, 0) is 10.0 Å². The first kappa shape index (κ1) is 14.3. The summed E-state index contributed by atoms with van der Waals surface area (Å²) in [6.45, 7) is 8.62. The van der Waals surface area contributed by atoms with Gasteiger partial charge in [-0.1, -0.05) is 29.8 Å². The molecule has 2 rings (SSSR count). The number of sulfonamides is 1. The van der Waals surface area contributed by atoms with Gasteiger partial charge < -0.3 is 0 Å². The van der Waals surface area contributed by atoms with Crippen LogP contribution in [0.1, 0.15) is 5.69 Å². The Kier molecular flexibility index (Phi) is 3.93. The van der Waals surface area contributed by atoms with Gasteiger partial charge in [-0.2, -0.15) is 0 Å². The van der Waals surface area contributed by atoms with Crippen LogP contribution in [-0.4, -0.2) is 13.4 Å². The SMILES string of the molecule is [C-]#[N+]c1ccc(S(=O)(=O)Nc2cccc(C)n2)c(Cl)c1. The number of halogens is 1. The Morgan fingerprint density at radius 2 is 2.05 bits per heavy atom. The van der Waals surface area contributed by atoms with Gasteiger partial charge in [0.25, 0.3) is 10.0 Å². The van der Waals surface area contributed by atoms with Crippen LogP contribution in [0.4, 0.5) is 11.5 Å². The molecule has 1 heterocycles. The highest BCUT2D eigenvalue weighted by Gasteiger charge is 2.18. The first-order valence-corrected chi connectivity index (χ1v) is 7.42. The third-order valence-corrected chi connectivity index (χ3v) is 4.30. The van der Waals surface area contributed by atoms with Crippen molar-refractivity contribution in [3.63, 3.8) is 0 Å². The van der Waals surface area contributed by atoms with Crippen LogP contribution in [0.2, 0.25) is 5.02 Å². The number of hydrogen-bond donors (Lipinski definition) is 1. The summed E-state index contributed by atoms with van der Waals surface area (Å²) in [5.74, 6) is 0.218. The summed E-state index contributed by atoms with van der Waals surface area (Å²) >= 11 is 5.91. The molecule has 0 saturated carbocycles. The molecule has 5 nitrogen and oxygen atoms in total. The molecule has 0 spiro atoms. The van der Waals surface area contributed by atoms with Gasteiger partial charge in [-0.15, -0.1) is 0 Å². The van der Waals surface area contributed by atoms with Gasteiger partial charge in [-0.3, -0.25) is 4.72 Å². The Balaban J connectivity index is 2.39. The molecule has 1 aromatic heterocycles. The molecule has 20 heavy (non-hydrogen) atoms. The summed E-state index contributed by atoms with van der Waals surface area (Å²) < 4.78 is 26.8. The minimum absolute atomic E-state index is 0.00125. The highest BCUT2D eigenvalue weighted by molar-refractivity contribution is 7.92. The average molecular weight is 308 g/mol. The molecule has 0 radical (unpaired) electrons. The van der Waals surface area contributed by atoms with Crippen LogP contribution in [0.25, 0.3) is 4.85 Å². The second-order valence-corrected chi connectivity index (χ2v) is 6.05. The zero-order chi connectivity index (χ0) is 14.8. The molecule has 0 amide bonds. The van der Waals surface area contributed by atoms with Gasteiger partial charge in [0.05, 0.1) is 11.6 Å². The van der Waals surface area contributed by atoms with E-state index in [1.807, 2.05) is 0 Å². The lowest BCUT2D eigenvalue weighted by atomic mass is 10.3. The van der Waals surface area contributed by atoms with Gasteiger partial charge in [0, 0.05) is 5.69 Å². The van der Waals surface area contributed by atoms with Gasteiger partial charge in [0.15, 0.2) is 5.69 Å². The van der Waals surface area contributed by atoms with Crippen molar-refractivity contribution < 1.29 is 8.42 Å². The number of benzene rings is 1. The maximum absolute atomic E-state index is 12.2. The summed E-state index contributed by atoms with van der Waals surface area (Å²) in [6.07, 6.45) is 0. The molecule has 0 aliphatic heterocycles. The lowest BCUT2D eigenvalue weighted by Crippen LogP contribution is -2.14. The number of nitrogens with zero attached hydrogens (tertiary/aromatic N) is 2. The van der Waals surface area contributed by atoms with E-state index >= 15 is 0 Å². The fourth-order valence-electron chi connectivity index (χ4n) is 1.57. The predicted molar refractivity (Wildman–Crippen MR) is 77.5 cm³/mol. The average Bonchev–Trinajstić information content (AvgIpc) is 2.37. The number of hydrogen-bond acceptors (Lipinski definition) is 3. The standard InChI is InChI=1S/C13H10ClN3O2S/c1-9-4-3-5-13(16-9)17-20(18,19)12-7-6-10(15-2)8-11(12)14/h3-8H,1H3,(H,16,17). The molecule has 1 N–H and O–H groups in total. The van der Waals surface area contributed by atoms with Crippen molar-refractivity contribution in [1.29, 1.82) is 0 Å². The minimum Gasteiger partial charge on any atom is -0.263 e. The number of rotatable bonds is 3. The largest absolute Gasteiger partial charge is 0.264 e. The topological polar surface area (TPSA) is 63.4 Å². The van der Waals surface area contributed by atoms with Crippen molar-refractivity contribution in [2.75, 3.05) is 4.72 Å². The number of pyridine rings is 1. The van der Waals surface area contributed by atoms with E-state index in [0.717, 1.165) is 0 Å². The number of anilines is 1. The summed E-state index contributed by atoms with van der Waals surface area (Å²) in [5.41, 5.74) is 0.974. The maximum Gasteiger partial charge on any atom is 0.264 e. The van der Waals surface area contributed by atoms with Crippen LogP contribution in [0.3, 0.4) is 0 Å². The Hall–Kier alpha value is -2.10. The summed E-state index contributed by atoms with van der Waals surface area (Å²) in [4.78, 5) is 7.17. The van der Waals surface area contributed by atoms with Gasteiger partial charge in [0.1, 0.15) is 10.7 Å². The molecule has 2 aromatic rings. The van der Waals surface area contributed by atoms with E-state index in [-0.39, 0.29) is 21.4 Å². The number of aryl methyl sites for hydroxylation is 1. The second kappa shape index (κ2) is 5.49. The van der Waals surface area contributed by atoms with Crippen molar-refractivity contribution in [2.45, 2.75) is 11.8 Å². The molecule has 7 heteroatoms. The quantitative estimate of drug-likeness (QED) is 0.884. The van der Waals surface area contributed by atoms with E-state index in [9.17, 15) is 8.42 Å². The molecule has 0 aliphatic carbocycles. The zero-order valence-electron chi connectivity index (χ0n) is 10.5. The molecule has 0 aliphatic rings. The van der Waals surface area contributed by atoms with E-state index < -0.39 is 10.0 Å². The normalized spacial score (nSPS) is 10.8. The lowest BCUT2D eigenvalue weighted by molar-refractivity contribution is 0.601. The molecule has 0 atom stereocenters. The van der Waals surface area contributed by atoms with Gasteiger partial charge in [0.2, 0.25) is 0 Å². The lowest BCUT2D eigenvalue weighted by Gasteiger charge is -2.09. The van der Waals surface area contributed by atoms with Crippen LogP contribution in [0.15, 0.2) is 41.3 Å². The molecule has 102 valence electrons. The molecule has 1 aromatic carbocycles. The van der Waals surface area contributed by atoms with Crippen LogP contribution in [0, 0.1) is 13.5 Å². The van der Waals surface area contributed by atoms with E-state index in [1.54, 1.807) is 25.1 Å².